The number of rotatable bonds is 3. The lowest BCUT2D eigenvalue weighted by molar-refractivity contribution is 0.392. The van der Waals surface area contributed by atoms with Gasteiger partial charge in [-0.15, -0.1) is 6.58 Å². The molecule has 0 aromatic heterocycles. The molecule has 0 heterocycles. The average molecular weight is 172 g/mol. The second-order valence-corrected chi connectivity index (χ2v) is 5.29. The number of allylic oxidation sites excluding steroid dienone is 1. The van der Waals surface area contributed by atoms with Crippen LogP contribution in [0.25, 0.3) is 0 Å². The van der Waals surface area contributed by atoms with E-state index >= 15 is 0 Å². The predicted octanol–water partition coefficient (Wildman–Crippen LogP) is 3.73. The molecule has 0 saturated carbocycles. The first-order valence-corrected chi connectivity index (χ1v) is 5.34. The summed E-state index contributed by atoms with van der Waals surface area (Å²) >= 11 is 1.94. The summed E-state index contributed by atoms with van der Waals surface area (Å²) in [6.45, 7) is 12.9. The van der Waals surface area contributed by atoms with E-state index in [-0.39, 0.29) is 0 Å². The molecule has 0 N–H and O–H groups in total. The van der Waals surface area contributed by atoms with E-state index in [4.69, 9.17) is 0 Å². The maximum Gasteiger partial charge on any atom is 0.0130 e. The zero-order valence-corrected chi connectivity index (χ0v) is 9.22. The van der Waals surface area contributed by atoms with Crippen molar-refractivity contribution in [3.63, 3.8) is 0 Å². The summed E-state index contributed by atoms with van der Waals surface area (Å²) in [6, 6.07) is 0. The van der Waals surface area contributed by atoms with Crippen molar-refractivity contribution in [1.29, 1.82) is 0 Å². The van der Waals surface area contributed by atoms with Gasteiger partial charge in [-0.25, -0.2) is 0 Å². The highest BCUT2D eigenvalue weighted by atomic mass is 32.2. The van der Waals surface area contributed by atoms with Gasteiger partial charge >= 0.3 is 0 Å². The monoisotopic (exact) mass is 172 g/mol. The molecular weight excluding hydrogens is 152 g/mol. The lowest BCUT2D eigenvalue weighted by atomic mass is 9.88. The van der Waals surface area contributed by atoms with E-state index in [2.05, 4.69) is 40.5 Å². The van der Waals surface area contributed by atoms with Gasteiger partial charge in [0, 0.05) is 5.25 Å². The first kappa shape index (κ1) is 11.1. The molecule has 1 unspecified atom stereocenters. The van der Waals surface area contributed by atoms with Crippen LogP contribution in [0.5, 0.6) is 0 Å². The highest BCUT2D eigenvalue weighted by Crippen LogP contribution is 2.32. The Kier molecular flexibility index (Phi) is 4.23. The Morgan fingerprint density at radius 3 is 2.00 bits per heavy atom. The third-order valence-corrected chi connectivity index (χ3v) is 3.23. The van der Waals surface area contributed by atoms with Crippen molar-refractivity contribution in [3.8, 4) is 0 Å². The Labute approximate surface area is 75.5 Å². The number of hydrogen-bond acceptors (Lipinski definition) is 1. The van der Waals surface area contributed by atoms with Crippen molar-refractivity contribution in [2.45, 2.75) is 39.4 Å². The van der Waals surface area contributed by atoms with Gasteiger partial charge in [-0.2, -0.15) is 11.8 Å². The standard InChI is InChI=1S/C10H20S/c1-8(2)7-9(11-6)10(3,4)5/h9H,1,7H2,2-6H3. The largest absolute Gasteiger partial charge is 0.161 e. The van der Waals surface area contributed by atoms with E-state index in [0.717, 1.165) is 6.42 Å². The second kappa shape index (κ2) is 4.20. The zero-order chi connectivity index (χ0) is 9.07. The van der Waals surface area contributed by atoms with E-state index < -0.39 is 0 Å². The first-order chi connectivity index (χ1) is 4.88. The van der Waals surface area contributed by atoms with Gasteiger partial charge < -0.3 is 0 Å². The van der Waals surface area contributed by atoms with E-state index in [0.29, 0.717) is 10.7 Å². The Morgan fingerprint density at radius 2 is 1.91 bits per heavy atom. The summed E-state index contributed by atoms with van der Waals surface area (Å²) < 4.78 is 0. The Morgan fingerprint density at radius 1 is 1.45 bits per heavy atom. The van der Waals surface area contributed by atoms with Crippen molar-refractivity contribution in [1.82, 2.24) is 0 Å². The molecule has 0 aliphatic carbocycles. The van der Waals surface area contributed by atoms with E-state index in [9.17, 15) is 0 Å². The van der Waals surface area contributed by atoms with Gasteiger partial charge in [0.1, 0.15) is 0 Å². The fraction of sp³-hybridized carbons (Fsp3) is 0.800. The molecule has 0 aromatic rings. The van der Waals surface area contributed by atoms with Gasteiger partial charge in [0.25, 0.3) is 0 Å². The minimum absolute atomic E-state index is 0.401. The average Bonchev–Trinajstić information content (AvgIpc) is 1.79. The van der Waals surface area contributed by atoms with Gasteiger partial charge in [0.2, 0.25) is 0 Å². The molecule has 0 amide bonds. The van der Waals surface area contributed by atoms with Crippen molar-refractivity contribution >= 4 is 11.8 Å². The van der Waals surface area contributed by atoms with Crippen molar-refractivity contribution in [2.24, 2.45) is 5.41 Å². The topological polar surface area (TPSA) is 0 Å². The predicted molar refractivity (Wildman–Crippen MR) is 56.2 cm³/mol. The smallest absolute Gasteiger partial charge is 0.0130 e. The van der Waals surface area contributed by atoms with Crippen molar-refractivity contribution in [3.05, 3.63) is 12.2 Å². The fourth-order valence-electron chi connectivity index (χ4n) is 1.06. The van der Waals surface area contributed by atoms with Gasteiger partial charge in [-0.05, 0) is 25.0 Å². The molecule has 1 atom stereocenters. The Hall–Kier alpha value is 0.0900. The maximum atomic E-state index is 3.94. The van der Waals surface area contributed by atoms with Gasteiger partial charge in [-0.1, -0.05) is 26.3 Å². The molecule has 0 aliphatic rings. The molecule has 1 heteroatoms. The molecule has 0 saturated heterocycles. The zero-order valence-electron chi connectivity index (χ0n) is 8.40. The molecule has 0 fully saturated rings. The lowest BCUT2D eigenvalue weighted by Gasteiger charge is -2.29. The quantitative estimate of drug-likeness (QED) is 0.585. The van der Waals surface area contributed by atoms with Crippen LogP contribution in [0.2, 0.25) is 0 Å². The van der Waals surface area contributed by atoms with Gasteiger partial charge in [0.15, 0.2) is 0 Å². The van der Waals surface area contributed by atoms with E-state index in [1.165, 1.54) is 5.57 Å². The third kappa shape index (κ3) is 4.52. The van der Waals surface area contributed by atoms with E-state index in [1.54, 1.807) is 0 Å². The molecular formula is C10H20S. The summed E-state index contributed by atoms with van der Waals surface area (Å²) in [4.78, 5) is 0. The summed E-state index contributed by atoms with van der Waals surface area (Å²) in [7, 11) is 0. The Bertz CT molecular complexity index is 130. The third-order valence-electron chi connectivity index (χ3n) is 1.78. The summed E-state index contributed by atoms with van der Waals surface area (Å²) in [6.07, 6.45) is 3.32. The highest BCUT2D eigenvalue weighted by molar-refractivity contribution is 7.99. The van der Waals surface area contributed by atoms with Crippen LogP contribution in [0.4, 0.5) is 0 Å². The van der Waals surface area contributed by atoms with Gasteiger partial charge in [0.05, 0.1) is 0 Å². The normalized spacial score (nSPS) is 14.6. The van der Waals surface area contributed by atoms with Crippen LogP contribution in [0.1, 0.15) is 34.1 Å². The van der Waals surface area contributed by atoms with Gasteiger partial charge in [-0.3, -0.25) is 0 Å². The lowest BCUT2D eigenvalue weighted by Crippen LogP contribution is -2.22. The summed E-state index contributed by atoms with van der Waals surface area (Å²) in [5, 5.41) is 0.708. The Balaban J connectivity index is 4.07. The van der Waals surface area contributed by atoms with Crippen molar-refractivity contribution < 1.29 is 0 Å². The first-order valence-electron chi connectivity index (χ1n) is 4.05. The summed E-state index contributed by atoms with van der Waals surface area (Å²) in [5.41, 5.74) is 1.69. The number of hydrogen-bond donors (Lipinski definition) is 0. The van der Waals surface area contributed by atoms with Crippen LogP contribution in [0.15, 0.2) is 12.2 Å². The second-order valence-electron chi connectivity index (χ2n) is 4.25. The van der Waals surface area contributed by atoms with Crippen molar-refractivity contribution in [2.75, 3.05) is 6.26 Å². The van der Waals surface area contributed by atoms with Crippen LogP contribution < -0.4 is 0 Å². The van der Waals surface area contributed by atoms with Crippen LogP contribution in [-0.4, -0.2) is 11.5 Å². The van der Waals surface area contributed by atoms with E-state index in [1.807, 2.05) is 11.8 Å². The molecule has 0 bridgehead atoms. The molecule has 0 aromatic carbocycles. The molecule has 66 valence electrons. The molecule has 0 radical (unpaired) electrons. The molecule has 0 rings (SSSR count). The van der Waals surface area contributed by atoms with Crippen LogP contribution >= 0.6 is 11.8 Å². The SMILES string of the molecule is C=C(C)CC(SC)C(C)(C)C. The highest BCUT2D eigenvalue weighted by Gasteiger charge is 2.22. The molecule has 0 aliphatic heterocycles. The van der Waals surface area contributed by atoms with Crippen LogP contribution in [0, 0.1) is 5.41 Å². The minimum atomic E-state index is 0.401. The fourth-order valence-corrected chi connectivity index (χ4v) is 2.22. The van der Waals surface area contributed by atoms with Crippen LogP contribution in [0.3, 0.4) is 0 Å². The maximum absolute atomic E-state index is 3.94. The number of thioether (sulfide) groups is 1. The molecule has 0 nitrogen and oxygen atoms in total. The molecule has 11 heavy (non-hydrogen) atoms. The molecule has 0 spiro atoms. The summed E-state index contributed by atoms with van der Waals surface area (Å²) in [5.74, 6) is 0. The minimum Gasteiger partial charge on any atom is -0.161 e. The van der Waals surface area contributed by atoms with Crippen LogP contribution in [-0.2, 0) is 0 Å².